The first-order valence-corrected chi connectivity index (χ1v) is 5.40. The van der Waals surface area contributed by atoms with Crippen molar-refractivity contribution >= 4 is 0 Å². The molecule has 1 aromatic carbocycles. The van der Waals surface area contributed by atoms with E-state index < -0.39 is 0 Å². The standard InChI is InChI=1S/C13H11N3O/c1-2-4-10(5-3-1)13-7-12(17-16-13)6-11-8-14-9-15-11/h1-5,7-9H,6H2,(H,14,15). The number of rotatable bonds is 3. The fourth-order valence-electron chi connectivity index (χ4n) is 1.71. The number of hydrogen-bond acceptors (Lipinski definition) is 3. The van der Waals surface area contributed by atoms with Gasteiger partial charge in [0.2, 0.25) is 0 Å². The van der Waals surface area contributed by atoms with E-state index in [2.05, 4.69) is 15.1 Å². The van der Waals surface area contributed by atoms with Crippen LogP contribution in [-0.2, 0) is 6.42 Å². The van der Waals surface area contributed by atoms with Crippen LogP contribution in [0.25, 0.3) is 11.3 Å². The van der Waals surface area contributed by atoms with E-state index in [9.17, 15) is 0 Å². The molecule has 84 valence electrons. The molecule has 3 aromatic rings. The molecule has 0 amide bonds. The number of hydrogen-bond donors (Lipinski definition) is 1. The highest BCUT2D eigenvalue weighted by molar-refractivity contribution is 5.58. The molecule has 0 aliphatic carbocycles. The van der Waals surface area contributed by atoms with Gasteiger partial charge in [-0.2, -0.15) is 0 Å². The largest absolute Gasteiger partial charge is 0.360 e. The molecule has 0 saturated heterocycles. The average Bonchev–Trinajstić information content (AvgIpc) is 3.02. The highest BCUT2D eigenvalue weighted by atomic mass is 16.5. The quantitative estimate of drug-likeness (QED) is 0.745. The van der Waals surface area contributed by atoms with Crippen LogP contribution in [0.15, 0.2) is 53.4 Å². The molecule has 2 heterocycles. The van der Waals surface area contributed by atoms with E-state index in [4.69, 9.17) is 4.52 Å². The van der Waals surface area contributed by atoms with Crippen molar-refractivity contribution in [2.45, 2.75) is 6.42 Å². The number of benzene rings is 1. The Bertz CT molecular complexity index is 584. The number of aromatic amines is 1. The molecule has 4 nitrogen and oxygen atoms in total. The molecular formula is C13H11N3O. The molecular weight excluding hydrogens is 214 g/mol. The van der Waals surface area contributed by atoms with E-state index >= 15 is 0 Å². The van der Waals surface area contributed by atoms with Gasteiger partial charge in [-0.3, -0.25) is 0 Å². The molecule has 0 saturated carbocycles. The lowest BCUT2D eigenvalue weighted by Crippen LogP contribution is -1.84. The van der Waals surface area contributed by atoms with Gasteiger partial charge in [0.25, 0.3) is 0 Å². The fourth-order valence-corrected chi connectivity index (χ4v) is 1.71. The van der Waals surface area contributed by atoms with Crippen molar-refractivity contribution in [1.29, 1.82) is 0 Å². The summed E-state index contributed by atoms with van der Waals surface area (Å²) in [5, 5.41) is 4.06. The first-order valence-electron chi connectivity index (χ1n) is 5.40. The van der Waals surface area contributed by atoms with Gasteiger partial charge in [-0.15, -0.1) is 0 Å². The van der Waals surface area contributed by atoms with Crippen molar-refractivity contribution in [3.8, 4) is 11.3 Å². The Morgan fingerprint density at radius 2 is 2.06 bits per heavy atom. The number of imidazole rings is 1. The molecule has 2 aromatic heterocycles. The summed E-state index contributed by atoms with van der Waals surface area (Å²) in [6.45, 7) is 0. The van der Waals surface area contributed by atoms with E-state index in [0.717, 1.165) is 22.7 Å². The summed E-state index contributed by atoms with van der Waals surface area (Å²) in [7, 11) is 0. The molecule has 0 fully saturated rings. The SMILES string of the molecule is c1ccc(-c2cc(Cc3cnc[nH]3)on2)cc1. The molecule has 0 aliphatic rings. The lowest BCUT2D eigenvalue weighted by molar-refractivity contribution is 0.391. The third-order valence-electron chi connectivity index (χ3n) is 2.55. The van der Waals surface area contributed by atoms with Crippen LogP contribution < -0.4 is 0 Å². The maximum Gasteiger partial charge on any atom is 0.143 e. The van der Waals surface area contributed by atoms with Crippen LogP contribution >= 0.6 is 0 Å². The summed E-state index contributed by atoms with van der Waals surface area (Å²) in [6.07, 6.45) is 4.12. The van der Waals surface area contributed by atoms with Gasteiger partial charge in [0, 0.05) is 23.5 Å². The molecule has 0 spiro atoms. The van der Waals surface area contributed by atoms with Crippen LogP contribution in [0.1, 0.15) is 11.5 Å². The van der Waals surface area contributed by atoms with Crippen LogP contribution in [0.3, 0.4) is 0 Å². The fraction of sp³-hybridized carbons (Fsp3) is 0.0769. The number of nitrogens with one attached hydrogen (secondary N) is 1. The van der Waals surface area contributed by atoms with Crippen molar-refractivity contribution < 1.29 is 4.52 Å². The van der Waals surface area contributed by atoms with Gasteiger partial charge < -0.3 is 9.51 Å². The van der Waals surface area contributed by atoms with Crippen molar-refractivity contribution in [3.05, 3.63) is 60.4 Å². The van der Waals surface area contributed by atoms with E-state index in [1.54, 1.807) is 12.5 Å². The Hall–Kier alpha value is -2.36. The summed E-state index contributed by atoms with van der Waals surface area (Å²) in [4.78, 5) is 7.00. The first-order chi connectivity index (χ1) is 8.42. The lowest BCUT2D eigenvalue weighted by Gasteiger charge is -1.91. The van der Waals surface area contributed by atoms with Crippen molar-refractivity contribution in [2.75, 3.05) is 0 Å². The third-order valence-corrected chi connectivity index (χ3v) is 2.55. The summed E-state index contributed by atoms with van der Waals surface area (Å²) in [5.41, 5.74) is 2.94. The van der Waals surface area contributed by atoms with E-state index in [1.165, 1.54) is 0 Å². The van der Waals surface area contributed by atoms with Gasteiger partial charge in [-0.25, -0.2) is 4.98 Å². The lowest BCUT2D eigenvalue weighted by atomic mass is 10.1. The predicted molar refractivity (Wildman–Crippen MR) is 63.3 cm³/mol. The van der Waals surface area contributed by atoms with Crippen LogP contribution in [0.4, 0.5) is 0 Å². The summed E-state index contributed by atoms with van der Waals surface area (Å²) >= 11 is 0. The van der Waals surface area contributed by atoms with Crippen molar-refractivity contribution in [1.82, 2.24) is 15.1 Å². The molecule has 0 aliphatic heterocycles. The average molecular weight is 225 g/mol. The maximum atomic E-state index is 5.29. The van der Waals surface area contributed by atoms with E-state index in [-0.39, 0.29) is 0 Å². The number of H-pyrrole nitrogens is 1. The van der Waals surface area contributed by atoms with Gasteiger partial charge in [-0.05, 0) is 0 Å². The summed E-state index contributed by atoms with van der Waals surface area (Å²) in [6, 6.07) is 11.9. The zero-order chi connectivity index (χ0) is 11.5. The minimum atomic E-state index is 0.680. The van der Waals surface area contributed by atoms with Gasteiger partial charge >= 0.3 is 0 Å². The smallest absolute Gasteiger partial charge is 0.143 e. The Balaban J connectivity index is 1.84. The Labute approximate surface area is 98.3 Å². The normalized spacial score (nSPS) is 10.6. The minimum Gasteiger partial charge on any atom is -0.360 e. The van der Waals surface area contributed by atoms with Crippen LogP contribution in [-0.4, -0.2) is 15.1 Å². The predicted octanol–water partition coefficient (Wildman–Crippen LogP) is 2.66. The monoisotopic (exact) mass is 225 g/mol. The second-order valence-electron chi connectivity index (χ2n) is 3.80. The maximum absolute atomic E-state index is 5.29. The Morgan fingerprint density at radius 1 is 1.18 bits per heavy atom. The molecule has 0 atom stereocenters. The molecule has 4 heteroatoms. The third kappa shape index (κ3) is 2.10. The minimum absolute atomic E-state index is 0.680. The number of aromatic nitrogens is 3. The second-order valence-corrected chi connectivity index (χ2v) is 3.80. The van der Waals surface area contributed by atoms with Crippen molar-refractivity contribution in [3.63, 3.8) is 0 Å². The summed E-state index contributed by atoms with van der Waals surface area (Å²) < 4.78 is 5.29. The van der Waals surface area contributed by atoms with Crippen molar-refractivity contribution in [2.24, 2.45) is 0 Å². The van der Waals surface area contributed by atoms with E-state index in [0.29, 0.717) is 6.42 Å². The zero-order valence-electron chi connectivity index (χ0n) is 9.13. The Kier molecular flexibility index (Phi) is 2.46. The zero-order valence-corrected chi connectivity index (χ0v) is 9.13. The highest BCUT2D eigenvalue weighted by Gasteiger charge is 2.07. The van der Waals surface area contributed by atoms with E-state index in [1.807, 2.05) is 36.4 Å². The molecule has 17 heavy (non-hydrogen) atoms. The topological polar surface area (TPSA) is 54.7 Å². The van der Waals surface area contributed by atoms with Gasteiger partial charge in [0.05, 0.1) is 12.7 Å². The van der Waals surface area contributed by atoms with Gasteiger partial charge in [0.1, 0.15) is 11.5 Å². The molecule has 0 bridgehead atoms. The van der Waals surface area contributed by atoms with Crippen LogP contribution in [0.5, 0.6) is 0 Å². The summed E-state index contributed by atoms with van der Waals surface area (Å²) in [5.74, 6) is 0.827. The first kappa shape index (κ1) is 9.84. The van der Waals surface area contributed by atoms with Gasteiger partial charge in [-0.1, -0.05) is 35.5 Å². The molecule has 0 unspecified atom stereocenters. The Morgan fingerprint density at radius 3 is 2.82 bits per heavy atom. The second kappa shape index (κ2) is 4.25. The number of nitrogens with zero attached hydrogens (tertiary/aromatic N) is 2. The molecule has 0 radical (unpaired) electrons. The molecule has 3 rings (SSSR count). The highest BCUT2D eigenvalue weighted by Crippen LogP contribution is 2.19. The van der Waals surface area contributed by atoms with Gasteiger partial charge in [0.15, 0.2) is 0 Å². The van der Waals surface area contributed by atoms with Crippen LogP contribution in [0.2, 0.25) is 0 Å². The molecule has 1 N–H and O–H groups in total. The van der Waals surface area contributed by atoms with Crippen LogP contribution in [0, 0.1) is 0 Å².